The van der Waals surface area contributed by atoms with Gasteiger partial charge in [-0.15, -0.1) is 11.3 Å². The van der Waals surface area contributed by atoms with Gasteiger partial charge >= 0.3 is 5.97 Å². The summed E-state index contributed by atoms with van der Waals surface area (Å²) in [5.74, 6) is 0.335. The highest BCUT2D eigenvalue weighted by Crippen LogP contribution is 2.39. The molecular formula is C30H33N3O7S. The van der Waals surface area contributed by atoms with Crippen molar-refractivity contribution in [1.29, 1.82) is 0 Å². The van der Waals surface area contributed by atoms with Crippen molar-refractivity contribution in [2.45, 2.75) is 45.6 Å². The summed E-state index contributed by atoms with van der Waals surface area (Å²) >= 11 is 1.44. The van der Waals surface area contributed by atoms with Gasteiger partial charge in [0.2, 0.25) is 0 Å². The molecule has 10 nitrogen and oxygen atoms in total. The molecule has 2 aromatic carbocycles. The van der Waals surface area contributed by atoms with Crippen LogP contribution in [0.2, 0.25) is 0 Å². The molecule has 1 aromatic heterocycles. The Kier molecular flexibility index (Phi) is 9.96. The van der Waals surface area contributed by atoms with Crippen LogP contribution in [0.25, 0.3) is 0 Å². The first-order valence-electron chi connectivity index (χ1n) is 13.3. The number of amides is 2. The van der Waals surface area contributed by atoms with Crippen LogP contribution >= 0.6 is 11.3 Å². The third kappa shape index (κ3) is 7.23. The first kappa shape index (κ1) is 29.6. The summed E-state index contributed by atoms with van der Waals surface area (Å²) in [7, 11) is 3.09. The lowest BCUT2D eigenvalue weighted by atomic mass is 9.95. The Morgan fingerprint density at radius 3 is 2.46 bits per heavy atom. The number of ether oxygens (including phenoxy) is 4. The zero-order valence-electron chi connectivity index (χ0n) is 23.4. The number of thiophene rings is 1. The number of rotatable bonds is 11. The Labute approximate surface area is 242 Å². The molecule has 0 saturated heterocycles. The lowest BCUT2D eigenvalue weighted by molar-refractivity contribution is -0.127. The Morgan fingerprint density at radius 1 is 1.02 bits per heavy atom. The molecule has 0 aliphatic heterocycles. The SMILES string of the molecule is CCOC(=O)c1c(NC(=O)c2ccc(O[C@H](C)C(=O)N/N=C\c3ccc(OC)c(OC)c3)cc2)sc2c1CCCC2. The van der Waals surface area contributed by atoms with E-state index >= 15 is 0 Å². The second kappa shape index (κ2) is 13.8. The van der Waals surface area contributed by atoms with E-state index in [0.717, 1.165) is 36.1 Å². The number of hydrazone groups is 1. The van der Waals surface area contributed by atoms with Crippen molar-refractivity contribution in [3.63, 3.8) is 0 Å². The maximum atomic E-state index is 13.0. The van der Waals surface area contributed by atoms with E-state index in [0.29, 0.717) is 38.9 Å². The fourth-order valence-corrected chi connectivity index (χ4v) is 5.66. The number of nitrogens with zero attached hydrogens (tertiary/aromatic N) is 1. The average Bonchev–Trinajstić information content (AvgIpc) is 3.35. The third-order valence-corrected chi connectivity index (χ3v) is 7.68. The van der Waals surface area contributed by atoms with Crippen LogP contribution in [0.3, 0.4) is 0 Å². The van der Waals surface area contributed by atoms with E-state index in [2.05, 4.69) is 15.8 Å². The van der Waals surface area contributed by atoms with E-state index in [-0.39, 0.29) is 12.5 Å². The molecule has 1 heterocycles. The highest BCUT2D eigenvalue weighted by Gasteiger charge is 2.27. The van der Waals surface area contributed by atoms with Gasteiger partial charge in [0.25, 0.3) is 11.8 Å². The van der Waals surface area contributed by atoms with E-state index in [4.69, 9.17) is 18.9 Å². The Morgan fingerprint density at radius 2 is 1.76 bits per heavy atom. The minimum absolute atomic E-state index is 0.263. The summed E-state index contributed by atoms with van der Waals surface area (Å²) in [6.45, 7) is 3.62. The molecule has 1 atom stereocenters. The number of aryl methyl sites for hydroxylation is 1. The van der Waals surface area contributed by atoms with Gasteiger partial charge in [-0.05, 0) is 93.1 Å². The van der Waals surface area contributed by atoms with E-state index in [9.17, 15) is 14.4 Å². The van der Waals surface area contributed by atoms with Gasteiger partial charge in [0.15, 0.2) is 17.6 Å². The molecule has 3 aromatic rings. The highest BCUT2D eigenvalue weighted by atomic mass is 32.1. The van der Waals surface area contributed by atoms with Gasteiger partial charge in [0.1, 0.15) is 10.8 Å². The standard InChI is InChI=1S/C30H33N3O7S/c1-5-39-30(36)26-22-8-6-7-9-25(22)41-29(26)32-28(35)20-11-13-21(14-12-20)40-18(2)27(34)33-31-17-19-10-15-23(37-3)24(16-19)38-4/h10-18H,5-9H2,1-4H3,(H,32,35)(H,33,34)/b31-17-/t18-/m1/s1. The summed E-state index contributed by atoms with van der Waals surface area (Å²) in [6, 6.07) is 11.7. The molecule has 1 aliphatic carbocycles. The van der Waals surface area contributed by atoms with Gasteiger partial charge in [0.05, 0.1) is 32.6 Å². The first-order valence-corrected chi connectivity index (χ1v) is 14.1. The van der Waals surface area contributed by atoms with Crippen molar-refractivity contribution in [1.82, 2.24) is 5.43 Å². The summed E-state index contributed by atoms with van der Waals surface area (Å²) < 4.78 is 21.5. The molecular weight excluding hydrogens is 546 g/mol. The topological polar surface area (TPSA) is 125 Å². The fraction of sp³-hybridized carbons (Fsp3) is 0.333. The predicted octanol–water partition coefficient (Wildman–Crippen LogP) is 4.99. The van der Waals surface area contributed by atoms with E-state index < -0.39 is 18.0 Å². The van der Waals surface area contributed by atoms with Crippen LogP contribution in [0.15, 0.2) is 47.6 Å². The van der Waals surface area contributed by atoms with Crippen LogP contribution in [-0.2, 0) is 22.4 Å². The third-order valence-electron chi connectivity index (χ3n) is 6.47. The Balaban J connectivity index is 1.35. The van der Waals surface area contributed by atoms with Crippen LogP contribution in [-0.4, -0.2) is 50.9 Å². The monoisotopic (exact) mass is 579 g/mol. The van der Waals surface area contributed by atoms with Crippen molar-refractivity contribution in [2.24, 2.45) is 5.10 Å². The first-order chi connectivity index (χ1) is 19.8. The summed E-state index contributed by atoms with van der Waals surface area (Å²) in [4.78, 5) is 39.3. The van der Waals surface area contributed by atoms with Crippen LogP contribution in [0.1, 0.15) is 63.4 Å². The predicted molar refractivity (Wildman–Crippen MR) is 157 cm³/mol. The average molecular weight is 580 g/mol. The van der Waals surface area contributed by atoms with Gasteiger partial charge < -0.3 is 24.3 Å². The molecule has 2 amide bonds. The van der Waals surface area contributed by atoms with Crippen molar-refractivity contribution < 1.29 is 33.3 Å². The molecule has 0 bridgehead atoms. The number of hydrogen-bond acceptors (Lipinski definition) is 9. The minimum atomic E-state index is -0.846. The molecule has 2 N–H and O–H groups in total. The number of carbonyl (C=O) groups is 3. The molecule has 0 radical (unpaired) electrons. The second-order valence-corrected chi connectivity index (χ2v) is 10.3. The molecule has 11 heteroatoms. The maximum Gasteiger partial charge on any atom is 0.341 e. The summed E-state index contributed by atoms with van der Waals surface area (Å²) in [5.41, 5.74) is 5.00. The summed E-state index contributed by atoms with van der Waals surface area (Å²) in [6.07, 6.45) is 4.40. The van der Waals surface area contributed by atoms with Crippen LogP contribution in [0.4, 0.5) is 5.00 Å². The molecule has 0 fully saturated rings. The molecule has 41 heavy (non-hydrogen) atoms. The molecule has 0 unspecified atom stereocenters. The van der Waals surface area contributed by atoms with Gasteiger partial charge in [-0.1, -0.05) is 0 Å². The number of hydrogen-bond donors (Lipinski definition) is 2. The van der Waals surface area contributed by atoms with Gasteiger partial charge in [-0.3, -0.25) is 9.59 Å². The van der Waals surface area contributed by atoms with E-state index in [1.54, 1.807) is 63.4 Å². The van der Waals surface area contributed by atoms with Crippen molar-refractivity contribution >= 4 is 40.3 Å². The fourth-order valence-electron chi connectivity index (χ4n) is 4.39. The minimum Gasteiger partial charge on any atom is -0.493 e. The molecule has 0 spiro atoms. The highest BCUT2D eigenvalue weighted by molar-refractivity contribution is 7.17. The van der Waals surface area contributed by atoms with Crippen LogP contribution in [0, 0.1) is 0 Å². The van der Waals surface area contributed by atoms with E-state index in [1.165, 1.54) is 24.7 Å². The largest absolute Gasteiger partial charge is 0.493 e. The molecule has 0 saturated carbocycles. The molecule has 1 aliphatic rings. The molecule has 216 valence electrons. The number of carbonyl (C=O) groups excluding carboxylic acids is 3. The smallest absolute Gasteiger partial charge is 0.341 e. The lowest BCUT2D eigenvalue weighted by Gasteiger charge is -2.13. The van der Waals surface area contributed by atoms with Crippen LogP contribution in [0.5, 0.6) is 17.2 Å². The zero-order chi connectivity index (χ0) is 29.4. The number of fused-ring (bicyclic) bond motifs is 1. The van der Waals surface area contributed by atoms with Crippen molar-refractivity contribution in [3.8, 4) is 17.2 Å². The normalized spacial score (nSPS) is 13.2. The number of nitrogens with one attached hydrogen (secondary N) is 2. The zero-order valence-corrected chi connectivity index (χ0v) is 24.3. The Bertz CT molecular complexity index is 1430. The van der Waals surface area contributed by atoms with E-state index in [1.807, 2.05) is 0 Å². The number of esters is 1. The lowest BCUT2D eigenvalue weighted by Crippen LogP contribution is -2.33. The van der Waals surface area contributed by atoms with Gasteiger partial charge in [-0.25, -0.2) is 10.2 Å². The van der Waals surface area contributed by atoms with Crippen molar-refractivity contribution in [2.75, 3.05) is 26.1 Å². The van der Waals surface area contributed by atoms with Crippen LogP contribution < -0.4 is 25.0 Å². The number of anilines is 1. The number of benzene rings is 2. The number of methoxy groups -OCH3 is 2. The quantitative estimate of drug-likeness (QED) is 0.186. The van der Waals surface area contributed by atoms with Gasteiger partial charge in [-0.2, -0.15) is 5.10 Å². The van der Waals surface area contributed by atoms with Crippen molar-refractivity contribution in [3.05, 3.63) is 69.6 Å². The molecule has 4 rings (SSSR count). The second-order valence-electron chi connectivity index (χ2n) is 9.22. The summed E-state index contributed by atoms with van der Waals surface area (Å²) in [5, 5.41) is 7.39. The van der Waals surface area contributed by atoms with Gasteiger partial charge in [0, 0.05) is 10.4 Å². The maximum absolute atomic E-state index is 13.0. The Hall–Kier alpha value is -4.38.